The van der Waals surface area contributed by atoms with Gasteiger partial charge in [-0.3, -0.25) is 43.6 Å². The molecule has 9 aromatic heterocycles. The van der Waals surface area contributed by atoms with Crippen LogP contribution in [0.15, 0.2) is 232 Å². The maximum Gasteiger partial charge on any atom is 0.261 e. The molecule has 8 aromatic carbocycles. The summed E-state index contributed by atoms with van der Waals surface area (Å²) in [6.07, 6.45) is 24.7. The second-order valence-corrected chi connectivity index (χ2v) is 32.4. The number of likely N-dealkylation sites (tertiary alicyclic amines) is 1. The highest BCUT2D eigenvalue weighted by Gasteiger charge is 2.39. The second-order valence-electron chi connectivity index (χ2n) is 32.4. The van der Waals surface area contributed by atoms with Crippen LogP contribution in [0, 0.1) is 11.8 Å². The molecule has 1 saturated heterocycles. The third kappa shape index (κ3) is 24.6. The van der Waals surface area contributed by atoms with Crippen molar-refractivity contribution in [1.29, 1.82) is 0 Å². The van der Waals surface area contributed by atoms with Crippen molar-refractivity contribution >= 4 is 89.6 Å². The summed E-state index contributed by atoms with van der Waals surface area (Å²) in [5.41, 5.74) is 32.0. The standard InChI is InChI=1S/C27H30F2N6O3.C27H25N7O2.C24H28N6O3.C23H26N6O3/c1-33-14-18(12-31-33)26-13-30-24-5-4-19(10-25(24)32-26)35(20-8-22(37-2)11-23(9-20)38-3)16-21(36)15-34-7-6-27(28,29)17-34;1-32-18-28-15-21(32)6-5-9-34(22-10-23(35-3)13-24(11-22)36-4)20-7-8-25-26(12-20)31-27(16-29-25)19-14-30-33(2)17-19;1-32-20-10-19(11-21(13-20)33-2)30(7-3-6-25)18-4-5-22-23(12-18)28-24(15-26-22)17-14-27-29(16-17)8-9-31;1-28-15-16(13-26-28)23-14-25-21-4-3-17(11-22(21)27-23)29(6-5-24)18-9-19(31-2)12-20(10-18)32-8-7-30/h4-5,8-14,21,36H,6-7,15-17H2,1-3H3;7-8,10-18H,9H2,1-4H3;4-5,10-16,31H,3,6-9,25H2,1-2H3;3-4,9-15,30H,5-8,24H2,1-2H3. The Labute approximate surface area is 801 Å². The SMILES string of the molecule is COc1cc(OC)cc(N(CC#Cc2cncn2C)c2ccc3ncc(-c4cnn(C)c4)nc3c2)c1.COc1cc(OC)cc(N(CC(O)CN2CCC(F)(F)C2)c2ccc3ncc(-c4cnn(C)c4)nc3c2)c1.COc1cc(OC)cc(N(CCCN)c2ccc3ncc(-c4cnn(CCO)c4)nc3c2)c1.COc1cc(OCCO)cc(N(CCN)c2ccc3ncc(-c4cnn(C)c4)nc3c2)c1. The molecule has 38 heteroatoms. The molecule has 0 amide bonds. The van der Waals surface area contributed by atoms with E-state index in [2.05, 4.69) is 71.9 Å². The lowest BCUT2D eigenvalue weighted by Crippen LogP contribution is -2.39. The predicted molar refractivity (Wildman–Crippen MR) is 530 cm³/mol. The second kappa shape index (κ2) is 45.5. The van der Waals surface area contributed by atoms with Crippen molar-refractivity contribution in [1.82, 2.24) is 93.4 Å². The van der Waals surface area contributed by atoms with Gasteiger partial charge in [0.15, 0.2) is 0 Å². The Hall–Kier alpha value is -16.1. The molecule has 0 spiro atoms. The van der Waals surface area contributed by atoms with Crippen molar-refractivity contribution < 1.29 is 62.0 Å². The van der Waals surface area contributed by atoms with E-state index in [1.165, 1.54) is 0 Å². The number of nitrogens with zero attached hydrogens (tertiary/aromatic N) is 23. The van der Waals surface area contributed by atoms with Crippen LogP contribution in [0.25, 0.3) is 89.2 Å². The van der Waals surface area contributed by atoms with E-state index in [0.29, 0.717) is 101 Å². The Morgan fingerprint density at radius 2 is 0.806 bits per heavy atom. The lowest BCUT2D eigenvalue weighted by Gasteiger charge is -2.30. The normalized spacial score (nSPS) is 12.3. The minimum absolute atomic E-state index is 0.0293. The number of aryl methyl sites for hydroxylation is 4. The summed E-state index contributed by atoms with van der Waals surface area (Å²) in [4.78, 5) is 51.5. The molecule has 139 heavy (non-hydrogen) atoms. The number of aromatic nitrogens is 18. The maximum atomic E-state index is 13.7. The number of nitrogens with two attached hydrogens (primary N) is 2. The molecule has 1 aliphatic heterocycles. The molecule has 10 heterocycles. The molecule has 1 unspecified atom stereocenters. The van der Waals surface area contributed by atoms with Crippen LogP contribution >= 0.6 is 0 Å². The predicted octanol–water partition coefficient (Wildman–Crippen LogP) is 13.4. The molecule has 718 valence electrons. The van der Waals surface area contributed by atoms with E-state index in [9.17, 15) is 13.9 Å². The molecular formula is C101H109F2N25O11. The van der Waals surface area contributed by atoms with Gasteiger partial charge >= 0.3 is 0 Å². The van der Waals surface area contributed by atoms with E-state index < -0.39 is 12.0 Å². The number of anilines is 8. The molecule has 36 nitrogen and oxygen atoms in total. The first-order valence-electron chi connectivity index (χ1n) is 44.6. The van der Waals surface area contributed by atoms with Crippen molar-refractivity contribution in [3.8, 4) is 103 Å². The number of aliphatic hydroxyl groups excluding tert-OH is 3. The summed E-state index contributed by atoms with van der Waals surface area (Å²) in [6.45, 7) is 3.53. The number of benzene rings is 8. The highest BCUT2D eigenvalue weighted by Crippen LogP contribution is 2.41. The fourth-order valence-corrected chi connectivity index (χ4v) is 15.6. The molecule has 0 bridgehead atoms. The van der Waals surface area contributed by atoms with Gasteiger partial charge in [-0.2, -0.15) is 20.4 Å². The fourth-order valence-electron chi connectivity index (χ4n) is 15.6. The van der Waals surface area contributed by atoms with Gasteiger partial charge in [-0.15, -0.1) is 0 Å². The third-order valence-electron chi connectivity index (χ3n) is 22.6. The average Bonchev–Trinajstić information content (AvgIpc) is 1.66. The van der Waals surface area contributed by atoms with E-state index in [-0.39, 0.29) is 52.4 Å². The molecule has 0 aliphatic carbocycles. The number of β-amino-alcohol motifs (C(OH)–C–C–N with tert-alkyl or cyclic N) is 1. The number of ether oxygens (including phenoxy) is 8. The van der Waals surface area contributed by atoms with E-state index in [1.807, 2.05) is 196 Å². The van der Waals surface area contributed by atoms with Crippen molar-refractivity contribution in [2.24, 2.45) is 39.7 Å². The van der Waals surface area contributed by atoms with Gasteiger partial charge in [0.25, 0.3) is 5.92 Å². The van der Waals surface area contributed by atoms with Gasteiger partial charge in [0.1, 0.15) is 58.3 Å². The maximum absolute atomic E-state index is 13.7. The van der Waals surface area contributed by atoms with Crippen molar-refractivity contribution in [3.63, 3.8) is 0 Å². The quantitative estimate of drug-likeness (QED) is 0.0234. The van der Waals surface area contributed by atoms with Crippen LogP contribution in [0.3, 0.4) is 0 Å². The van der Waals surface area contributed by atoms with Crippen molar-refractivity contribution in [2.45, 2.75) is 31.4 Å². The first-order valence-corrected chi connectivity index (χ1v) is 44.6. The van der Waals surface area contributed by atoms with Gasteiger partial charge in [-0.25, -0.2) is 33.7 Å². The molecular weight excluding hydrogens is 1780 g/mol. The number of hydrogen-bond acceptors (Lipinski definition) is 31. The Balaban J connectivity index is 0.000000141. The minimum atomic E-state index is -2.72. The number of fused-ring (bicyclic) bond motifs is 4. The number of imidazole rings is 1. The van der Waals surface area contributed by atoms with Crippen LogP contribution in [0.5, 0.6) is 46.0 Å². The summed E-state index contributed by atoms with van der Waals surface area (Å²) >= 11 is 0. The summed E-state index contributed by atoms with van der Waals surface area (Å²) < 4.78 is 80.2. The van der Waals surface area contributed by atoms with Crippen LogP contribution in [0.1, 0.15) is 18.5 Å². The van der Waals surface area contributed by atoms with Crippen LogP contribution < -0.4 is 69.0 Å². The molecule has 17 aromatic rings. The van der Waals surface area contributed by atoms with Crippen LogP contribution in [-0.4, -0.2) is 249 Å². The first kappa shape index (κ1) is 97.5. The monoisotopic (exact) mass is 1890 g/mol. The average molecular weight is 1890 g/mol. The summed E-state index contributed by atoms with van der Waals surface area (Å²) in [7, 11) is 18.8. The van der Waals surface area contributed by atoms with Crippen LogP contribution in [0.4, 0.5) is 54.3 Å². The lowest BCUT2D eigenvalue weighted by molar-refractivity contribution is 0.00794. The summed E-state index contributed by atoms with van der Waals surface area (Å²) in [5, 5.41) is 46.2. The van der Waals surface area contributed by atoms with E-state index >= 15 is 0 Å². The number of rotatable bonds is 34. The molecule has 1 fully saturated rings. The van der Waals surface area contributed by atoms with Gasteiger partial charge in [0.05, 0.1) is 224 Å². The van der Waals surface area contributed by atoms with Crippen LogP contribution in [0.2, 0.25) is 0 Å². The fraction of sp³-hybridized carbons (Fsp3) is 0.277. The zero-order chi connectivity index (χ0) is 97.6. The van der Waals surface area contributed by atoms with Crippen molar-refractivity contribution in [3.05, 3.63) is 238 Å². The number of methoxy groups -OCH3 is 7. The van der Waals surface area contributed by atoms with E-state index in [1.54, 1.807) is 148 Å². The number of hydrogen-bond donors (Lipinski definition) is 5. The highest BCUT2D eigenvalue weighted by atomic mass is 19.3. The Morgan fingerprint density at radius 1 is 0.424 bits per heavy atom. The van der Waals surface area contributed by atoms with Crippen molar-refractivity contribution in [2.75, 3.05) is 148 Å². The van der Waals surface area contributed by atoms with E-state index in [4.69, 9.17) is 79.5 Å². The molecule has 1 aliphatic rings. The molecule has 1 atom stereocenters. The largest absolute Gasteiger partial charge is 0.497 e. The smallest absolute Gasteiger partial charge is 0.261 e. The van der Waals surface area contributed by atoms with Gasteiger partial charge in [0, 0.05) is 233 Å². The molecule has 0 radical (unpaired) electrons. The Morgan fingerprint density at radius 3 is 1.17 bits per heavy atom. The van der Waals surface area contributed by atoms with Gasteiger partial charge < -0.3 is 88.8 Å². The highest BCUT2D eigenvalue weighted by molar-refractivity contribution is 5.87. The van der Waals surface area contributed by atoms with E-state index in [0.717, 1.165) is 131 Å². The van der Waals surface area contributed by atoms with Gasteiger partial charge in [0.2, 0.25) is 0 Å². The zero-order valence-corrected chi connectivity index (χ0v) is 78.9. The summed E-state index contributed by atoms with van der Waals surface area (Å²) in [5.74, 6) is 8.98. The Bertz CT molecular complexity index is 7060. The van der Waals surface area contributed by atoms with Gasteiger partial charge in [-0.1, -0.05) is 5.92 Å². The molecule has 18 rings (SSSR count). The zero-order valence-electron chi connectivity index (χ0n) is 78.9. The van der Waals surface area contributed by atoms with Crippen LogP contribution in [-0.2, 0) is 34.7 Å². The molecule has 7 N–H and O–H groups in total. The minimum Gasteiger partial charge on any atom is -0.497 e. The summed E-state index contributed by atoms with van der Waals surface area (Å²) in [6, 6.07) is 46.1. The van der Waals surface area contributed by atoms with Gasteiger partial charge in [-0.05, 0) is 91.7 Å². The third-order valence-corrected chi connectivity index (χ3v) is 22.6. The Kier molecular flexibility index (Phi) is 31.9. The topological polar surface area (TPSA) is 395 Å². The first-order chi connectivity index (χ1) is 67.5. The number of halogens is 2. The number of alkyl halides is 2. The molecule has 0 saturated carbocycles. The number of aliphatic hydroxyl groups is 3. The lowest BCUT2D eigenvalue weighted by atomic mass is 10.1.